The summed E-state index contributed by atoms with van der Waals surface area (Å²) in [4.78, 5) is 9.81. The second-order valence-corrected chi connectivity index (χ2v) is 7.53. The van der Waals surface area contributed by atoms with Gasteiger partial charge in [0.25, 0.3) is 0 Å². The molecule has 0 bridgehead atoms. The van der Waals surface area contributed by atoms with Gasteiger partial charge in [0.15, 0.2) is 0 Å². The highest BCUT2D eigenvalue weighted by molar-refractivity contribution is 6.30. The van der Waals surface area contributed by atoms with Gasteiger partial charge in [0, 0.05) is 11.4 Å². The predicted octanol–water partition coefficient (Wildman–Crippen LogP) is 6.90. The van der Waals surface area contributed by atoms with Gasteiger partial charge in [0.1, 0.15) is 11.5 Å². The van der Waals surface area contributed by atoms with E-state index in [1.807, 2.05) is 80.6 Å². The average Bonchev–Trinajstić information content (AvgIpc) is 2.70. The number of para-hydroxylation sites is 1. The summed E-state index contributed by atoms with van der Waals surface area (Å²) in [6, 6.07) is 26.9. The zero-order chi connectivity index (χ0) is 21.9. The molecule has 4 nitrogen and oxygen atoms in total. The van der Waals surface area contributed by atoms with Gasteiger partial charge in [0.2, 0.25) is 0 Å². The Bertz CT molecular complexity index is 979. The third-order valence-electron chi connectivity index (χ3n) is 4.09. The number of carboxylic acid groups (broad SMARTS) is 1. The molecule has 154 valence electrons. The second-order valence-electron chi connectivity index (χ2n) is 7.09. The molecule has 0 saturated carbocycles. The molecule has 1 N–H and O–H groups in total. The Hall–Kier alpha value is -3.29. The molecule has 0 aliphatic carbocycles. The fourth-order valence-electron chi connectivity index (χ4n) is 2.73. The lowest BCUT2D eigenvalue weighted by Crippen LogP contribution is -1.99. The van der Waals surface area contributed by atoms with Crippen LogP contribution in [0.5, 0.6) is 11.5 Å². The lowest BCUT2D eigenvalue weighted by molar-refractivity contribution is -0.137. The van der Waals surface area contributed by atoms with Crippen LogP contribution in [0, 0.1) is 17.2 Å². The summed E-state index contributed by atoms with van der Waals surface area (Å²) < 4.78 is 5.84. The minimum Gasteiger partial charge on any atom is -0.481 e. The number of nitriles is 1. The van der Waals surface area contributed by atoms with Gasteiger partial charge >= 0.3 is 5.97 Å². The van der Waals surface area contributed by atoms with Crippen molar-refractivity contribution in [1.29, 1.82) is 5.26 Å². The third kappa shape index (κ3) is 7.62. The van der Waals surface area contributed by atoms with Crippen molar-refractivity contribution in [3.8, 4) is 17.6 Å². The Balaban J connectivity index is 0.000000396. The summed E-state index contributed by atoms with van der Waals surface area (Å²) in [7, 11) is 0. The van der Waals surface area contributed by atoms with E-state index in [0.29, 0.717) is 10.8 Å². The Labute approximate surface area is 182 Å². The Morgan fingerprint density at radius 2 is 1.60 bits per heavy atom. The molecular weight excluding hydrogens is 398 g/mol. The van der Waals surface area contributed by atoms with Crippen molar-refractivity contribution >= 4 is 17.6 Å². The van der Waals surface area contributed by atoms with E-state index in [9.17, 15) is 10.1 Å². The Kier molecular flexibility index (Phi) is 8.93. The maximum absolute atomic E-state index is 9.81. The number of hydrogen-bond donors (Lipinski definition) is 1. The molecule has 30 heavy (non-hydrogen) atoms. The smallest absolute Gasteiger partial charge is 0.303 e. The van der Waals surface area contributed by atoms with Crippen molar-refractivity contribution in [2.75, 3.05) is 0 Å². The maximum atomic E-state index is 9.81. The van der Waals surface area contributed by atoms with Gasteiger partial charge in [-0.15, -0.1) is 0 Å². The van der Waals surface area contributed by atoms with Crippen LogP contribution < -0.4 is 4.74 Å². The monoisotopic (exact) mass is 421 g/mol. The predicted molar refractivity (Wildman–Crippen MR) is 119 cm³/mol. The highest BCUT2D eigenvalue weighted by Crippen LogP contribution is 2.29. The van der Waals surface area contributed by atoms with Crippen LogP contribution in [0.4, 0.5) is 0 Å². The molecule has 0 radical (unpaired) electrons. The van der Waals surface area contributed by atoms with Crippen LogP contribution in [0.25, 0.3) is 0 Å². The molecule has 1 unspecified atom stereocenters. The van der Waals surface area contributed by atoms with Gasteiger partial charge in [-0.1, -0.05) is 67.9 Å². The number of hydrogen-bond acceptors (Lipinski definition) is 3. The fourth-order valence-corrected chi connectivity index (χ4v) is 2.85. The first-order valence-corrected chi connectivity index (χ1v) is 9.96. The summed E-state index contributed by atoms with van der Waals surface area (Å²) in [5, 5.41) is 18.3. The highest BCUT2D eigenvalue weighted by atomic mass is 35.5. The number of aliphatic carboxylic acids is 1. The van der Waals surface area contributed by atoms with Gasteiger partial charge in [-0.25, -0.2) is 0 Å². The maximum Gasteiger partial charge on any atom is 0.303 e. The number of ether oxygens (including phenoxy) is 1. The lowest BCUT2D eigenvalue weighted by atomic mass is 9.92. The van der Waals surface area contributed by atoms with Crippen molar-refractivity contribution in [3.63, 3.8) is 0 Å². The number of rotatable bonds is 6. The molecule has 0 heterocycles. The van der Waals surface area contributed by atoms with Gasteiger partial charge < -0.3 is 9.84 Å². The van der Waals surface area contributed by atoms with E-state index in [0.717, 1.165) is 16.9 Å². The van der Waals surface area contributed by atoms with Crippen LogP contribution in [0.1, 0.15) is 37.3 Å². The van der Waals surface area contributed by atoms with E-state index in [1.54, 1.807) is 12.1 Å². The fraction of sp³-hybridized carbons (Fsp3) is 0.200. The highest BCUT2D eigenvalue weighted by Gasteiger charge is 2.14. The Morgan fingerprint density at radius 1 is 0.967 bits per heavy atom. The van der Waals surface area contributed by atoms with Gasteiger partial charge in [-0.3, -0.25) is 4.79 Å². The molecule has 5 heteroatoms. The summed E-state index contributed by atoms with van der Waals surface area (Å²) in [5.41, 5.74) is 1.80. The Morgan fingerprint density at radius 3 is 2.13 bits per heavy atom. The molecular formula is C25H24ClNO3. The van der Waals surface area contributed by atoms with E-state index >= 15 is 0 Å². The van der Waals surface area contributed by atoms with Crippen molar-refractivity contribution in [2.24, 2.45) is 5.92 Å². The first-order chi connectivity index (χ1) is 14.4. The van der Waals surface area contributed by atoms with Crippen LogP contribution in [0.2, 0.25) is 5.02 Å². The zero-order valence-electron chi connectivity index (χ0n) is 17.0. The third-order valence-corrected chi connectivity index (χ3v) is 4.34. The quantitative estimate of drug-likeness (QED) is 0.469. The van der Waals surface area contributed by atoms with Crippen LogP contribution >= 0.6 is 11.6 Å². The summed E-state index contributed by atoms with van der Waals surface area (Å²) >= 11 is 5.92. The molecule has 3 aromatic rings. The largest absolute Gasteiger partial charge is 0.481 e. The van der Waals surface area contributed by atoms with Crippen molar-refractivity contribution in [3.05, 3.63) is 95.0 Å². The van der Waals surface area contributed by atoms with Gasteiger partial charge in [0.05, 0.1) is 12.0 Å². The number of benzene rings is 3. The molecule has 0 amide bonds. The molecule has 3 aromatic carbocycles. The first-order valence-electron chi connectivity index (χ1n) is 9.58. The molecule has 1 atom stereocenters. The lowest BCUT2D eigenvalue weighted by Gasteiger charge is -2.12. The van der Waals surface area contributed by atoms with E-state index in [4.69, 9.17) is 21.4 Å². The topological polar surface area (TPSA) is 70.3 Å². The molecule has 0 aromatic heterocycles. The van der Waals surface area contributed by atoms with E-state index < -0.39 is 5.97 Å². The molecule has 0 fully saturated rings. The summed E-state index contributed by atoms with van der Waals surface area (Å²) in [6.45, 7) is 3.77. The van der Waals surface area contributed by atoms with Crippen LogP contribution in [0.3, 0.4) is 0 Å². The van der Waals surface area contributed by atoms with Crippen molar-refractivity contribution in [2.45, 2.75) is 26.2 Å². The molecule has 0 aliphatic rings. The average molecular weight is 422 g/mol. The number of carbonyl (C=O) groups is 1. The summed E-state index contributed by atoms with van der Waals surface area (Å²) in [5.74, 6) is 0.687. The molecule has 0 aliphatic heterocycles. The van der Waals surface area contributed by atoms with E-state index in [2.05, 4.69) is 6.07 Å². The van der Waals surface area contributed by atoms with Gasteiger partial charge in [-0.2, -0.15) is 5.26 Å². The van der Waals surface area contributed by atoms with Crippen LogP contribution in [0.15, 0.2) is 78.9 Å². The van der Waals surface area contributed by atoms with Crippen molar-refractivity contribution < 1.29 is 14.6 Å². The second kappa shape index (κ2) is 11.6. The minimum atomic E-state index is -0.713. The van der Waals surface area contributed by atoms with Crippen LogP contribution in [-0.2, 0) is 4.79 Å². The number of halogens is 1. The SMILES string of the molecule is CC(C)CC(=O)O.N#CC(c1ccc(Cl)cc1)c1cccc(Oc2ccccc2)c1. The van der Waals surface area contributed by atoms with Gasteiger partial charge in [-0.05, 0) is 53.4 Å². The molecule has 0 saturated heterocycles. The minimum absolute atomic E-state index is 0.275. The summed E-state index contributed by atoms with van der Waals surface area (Å²) in [6.07, 6.45) is 0.278. The number of carboxylic acids is 1. The van der Waals surface area contributed by atoms with Crippen molar-refractivity contribution in [1.82, 2.24) is 0 Å². The number of nitrogens with zero attached hydrogens (tertiary/aromatic N) is 1. The molecule has 3 rings (SSSR count). The molecule has 0 spiro atoms. The zero-order valence-corrected chi connectivity index (χ0v) is 17.7. The van der Waals surface area contributed by atoms with Crippen LogP contribution in [-0.4, -0.2) is 11.1 Å². The first kappa shape index (κ1) is 23.0. The standard InChI is InChI=1S/C20H14ClNO.C5H10O2/c21-17-11-9-15(10-12-17)20(14-22)16-5-4-8-19(13-16)23-18-6-2-1-3-7-18;1-4(2)3-5(6)7/h1-13,20H;4H,3H2,1-2H3,(H,6,7). The van der Waals surface area contributed by atoms with E-state index in [-0.39, 0.29) is 18.3 Å². The van der Waals surface area contributed by atoms with E-state index in [1.165, 1.54) is 0 Å². The normalized spacial score (nSPS) is 11.0.